The molecule has 2 aliphatic rings. The van der Waals surface area contributed by atoms with Crippen LogP contribution in [-0.4, -0.2) is 93.0 Å². The number of ether oxygens (including phenoxy) is 7. The molecular weight excluding hydrogens is 412 g/mol. The zero-order valence-corrected chi connectivity index (χ0v) is 20.0. The molecule has 0 aliphatic heterocycles. The van der Waals surface area contributed by atoms with Gasteiger partial charge in [0, 0.05) is 13.7 Å². The largest absolute Gasteiger partial charge is 0.382 e. The van der Waals surface area contributed by atoms with Crippen molar-refractivity contribution in [2.24, 2.45) is 11.8 Å². The highest BCUT2D eigenvalue weighted by molar-refractivity contribution is 5.29. The molecule has 2 rings (SSSR count). The Balaban J connectivity index is 1.17. The van der Waals surface area contributed by atoms with Crippen LogP contribution in [0.4, 0.5) is 0 Å². The molecule has 0 spiro atoms. The summed E-state index contributed by atoms with van der Waals surface area (Å²) in [6, 6.07) is 0. The summed E-state index contributed by atoms with van der Waals surface area (Å²) in [5.74, 6) is 1.50. The molecule has 0 radical (unpaired) electrons. The minimum atomic E-state index is 0.561. The van der Waals surface area contributed by atoms with Crippen LogP contribution in [0.15, 0.2) is 23.8 Å². The molecule has 0 amide bonds. The van der Waals surface area contributed by atoms with Gasteiger partial charge in [0.1, 0.15) is 0 Å². The van der Waals surface area contributed by atoms with Crippen LogP contribution in [0.2, 0.25) is 0 Å². The van der Waals surface area contributed by atoms with E-state index in [1.807, 2.05) is 0 Å². The van der Waals surface area contributed by atoms with E-state index in [1.165, 1.54) is 25.7 Å². The third-order valence-electron chi connectivity index (χ3n) is 5.57. The van der Waals surface area contributed by atoms with Gasteiger partial charge in [-0.1, -0.05) is 30.2 Å². The summed E-state index contributed by atoms with van der Waals surface area (Å²) in [5.41, 5.74) is 1.67. The summed E-state index contributed by atoms with van der Waals surface area (Å²) in [6.45, 7) is 7.87. The molecule has 2 bridgehead atoms. The fourth-order valence-corrected chi connectivity index (χ4v) is 3.85. The van der Waals surface area contributed by atoms with Gasteiger partial charge in [0.05, 0.1) is 79.3 Å². The Morgan fingerprint density at radius 1 is 0.594 bits per heavy atom. The highest BCUT2D eigenvalue weighted by Gasteiger charge is 2.26. The Morgan fingerprint density at radius 3 is 1.53 bits per heavy atom. The van der Waals surface area contributed by atoms with Crippen LogP contribution in [0.3, 0.4) is 0 Å². The van der Waals surface area contributed by atoms with Crippen molar-refractivity contribution in [1.29, 1.82) is 0 Å². The van der Waals surface area contributed by atoms with Crippen molar-refractivity contribution in [3.8, 4) is 0 Å². The van der Waals surface area contributed by atoms with E-state index in [0.717, 1.165) is 24.9 Å². The zero-order valence-electron chi connectivity index (χ0n) is 20.0. The molecule has 0 aromatic rings. The summed E-state index contributed by atoms with van der Waals surface area (Å²) in [7, 11) is 1.66. The monoisotopic (exact) mass is 456 g/mol. The van der Waals surface area contributed by atoms with Crippen molar-refractivity contribution in [1.82, 2.24) is 0 Å². The van der Waals surface area contributed by atoms with E-state index in [9.17, 15) is 0 Å². The van der Waals surface area contributed by atoms with E-state index in [1.54, 1.807) is 12.7 Å². The van der Waals surface area contributed by atoms with E-state index in [4.69, 9.17) is 33.2 Å². The maximum absolute atomic E-state index is 5.64. The summed E-state index contributed by atoms with van der Waals surface area (Å²) >= 11 is 0. The second-order valence-electron chi connectivity index (χ2n) is 8.11. The molecule has 0 N–H and O–H groups in total. The minimum absolute atomic E-state index is 0.561. The van der Waals surface area contributed by atoms with Crippen LogP contribution in [0.1, 0.15) is 32.1 Å². The Bertz CT molecular complexity index is 495. The van der Waals surface area contributed by atoms with Crippen molar-refractivity contribution in [3.05, 3.63) is 23.8 Å². The molecular formula is C25H44O7. The maximum atomic E-state index is 5.64. The van der Waals surface area contributed by atoms with Gasteiger partial charge in [0.25, 0.3) is 0 Å². The maximum Gasteiger partial charge on any atom is 0.0701 e. The smallest absolute Gasteiger partial charge is 0.0701 e. The summed E-state index contributed by atoms with van der Waals surface area (Å²) in [4.78, 5) is 0. The first kappa shape index (κ1) is 27.4. The predicted octanol–water partition coefficient (Wildman–Crippen LogP) is 3.43. The van der Waals surface area contributed by atoms with Crippen molar-refractivity contribution in [3.63, 3.8) is 0 Å². The van der Waals surface area contributed by atoms with Crippen LogP contribution >= 0.6 is 0 Å². The van der Waals surface area contributed by atoms with Crippen molar-refractivity contribution in [2.75, 3.05) is 93.0 Å². The van der Waals surface area contributed by atoms with E-state index in [0.29, 0.717) is 79.3 Å². The lowest BCUT2D eigenvalue weighted by Crippen LogP contribution is -2.14. The standard InChI is InChI=1S/C25H44O7/c1-26-9-10-28-13-14-30-17-18-32-20-19-31-16-15-29-12-11-27-8-4-2-3-5-24-21-23-6-7-25(24)22-23/h6-7,21,23,25H,2-5,8-20,22H2,1H3. The highest BCUT2D eigenvalue weighted by atomic mass is 16.6. The Morgan fingerprint density at radius 2 is 1.09 bits per heavy atom. The minimum Gasteiger partial charge on any atom is -0.382 e. The molecule has 2 unspecified atom stereocenters. The fourth-order valence-electron chi connectivity index (χ4n) is 3.85. The SMILES string of the molecule is COCCOCCOCCOCCOCCOCCOCCCCCC1=CC2C=CC1C2. The molecule has 0 saturated heterocycles. The second kappa shape index (κ2) is 19.6. The molecule has 7 heteroatoms. The number of hydrogen-bond acceptors (Lipinski definition) is 7. The Hall–Kier alpha value is -0.800. The third-order valence-corrected chi connectivity index (χ3v) is 5.57. The van der Waals surface area contributed by atoms with Gasteiger partial charge < -0.3 is 33.2 Å². The molecule has 2 atom stereocenters. The Labute approximate surface area is 194 Å². The fraction of sp³-hybridized carbons (Fsp3) is 0.840. The van der Waals surface area contributed by atoms with Crippen LogP contribution in [0.25, 0.3) is 0 Å². The van der Waals surface area contributed by atoms with Gasteiger partial charge in [0.15, 0.2) is 0 Å². The molecule has 2 aliphatic carbocycles. The number of hydrogen-bond donors (Lipinski definition) is 0. The lowest BCUT2D eigenvalue weighted by atomic mass is 9.97. The molecule has 0 fully saturated rings. The van der Waals surface area contributed by atoms with Gasteiger partial charge in [-0.3, -0.25) is 0 Å². The van der Waals surface area contributed by atoms with Gasteiger partial charge >= 0.3 is 0 Å². The number of allylic oxidation sites excluding steroid dienone is 4. The van der Waals surface area contributed by atoms with Gasteiger partial charge in [-0.05, 0) is 37.5 Å². The predicted molar refractivity (Wildman–Crippen MR) is 124 cm³/mol. The zero-order chi connectivity index (χ0) is 22.5. The quantitative estimate of drug-likeness (QED) is 0.163. The van der Waals surface area contributed by atoms with Crippen molar-refractivity contribution < 1.29 is 33.2 Å². The van der Waals surface area contributed by atoms with Crippen LogP contribution in [0, 0.1) is 11.8 Å². The number of fused-ring (bicyclic) bond motifs is 2. The second-order valence-corrected chi connectivity index (χ2v) is 8.11. The topological polar surface area (TPSA) is 64.6 Å². The average Bonchev–Trinajstić information content (AvgIpc) is 3.43. The number of rotatable bonds is 24. The van der Waals surface area contributed by atoms with Crippen LogP contribution < -0.4 is 0 Å². The first-order valence-corrected chi connectivity index (χ1v) is 12.2. The van der Waals surface area contributed by atoms with E-state index >= 15 is 0 Å². The lowest BCUT2D eigenvalue weighted by molar-refractivity contribution is -0.0191. The molecule has 186 valence electrons. The summed E-state index contributed by atoms with van der Waals surface area (Å²) in [6.07, 6.45) is 13.5. The third kappa shape index (κ3) is 13.7. The average molecular weight is 457 g/mol. The van der Waals surface area contributed by atoms with Gasteiger partial charge in [-0.25, -0.2) is 0 Å². The number of unbranched alkanes of at least 4 members (excludes halogenated alkanes) is 2. The van der Waals surface area contributed by atoms with E-state index in [-0.39, 0.29) is 0 Å². The summed E-state index contributed by atoms with van der Waals surface area (Å²) in [5, 5.41) is 0. The van der Waals surface area contributed by atoms with Gasteiger partial charge in [0.2, 0.25) is 0 Å². The molecule has 0 aromatic carbocycles. The molecule has 0 aromatic heterocycles. The van der Waals surface area contributed by atoms with Crippen molar-refractivity contribution in [2.45, 2.75) is 32.1 Å². The molecule has 0 heterocycles. The molecule has 7 nitrogen and oxygen atoms in total. The first-order chi connectivity index (χ1) is 15.9. The van der Waals surface area contributed by atoms with E-state index in [2.05, 4.69) is 18.2 Å². The molecule has 32 heavy (non-hydrogen) atoms. The van der Waals surface area contributed by atoms with Crippen molar-refractivity contribution >= 4 is 0 Å². The highest BCUT2D eigenvalue weighted by Crippen LogP contribution is 2.40. The molecule has 0 saturated carbocycles. The van der Waals surface area contributed by atoms with Crippen LogP contribution in [0.5, 0.6) is 0 Å². The normalized spacial score (nSPS) is 19.2. The van der Waals surface area contributed by atoms with Crippen LogP contribution in [-0.2, 0) is 33.2 Å². The Kier molecular flexibility index (Phi) is 16.9. The van der Waals surface area contributed by atoms with E-state index < -0.39 is 0 Å². The van der Waals surface area contributed by atoms with Gasteiger partial charge in [-0.15, -0.1) is 0 Å². The number of methoxy groups -OCH3 is 1. The lowest BCUT2D eigenvalue weighted by Gasteiger charge is -2.10. The summed E-state index contributed by atoms with van der Waals surface area (Å²) < 4.78 is 37.7. The van der Waals surface area contributed by atoms with Gasteiger partial charge in [-0.2, -0.15) is 0 Å². The first-order valence-electron chi connectivity index (χ1n) is 12.2.